The molecule has 4 unspecified atom stereocenters. The normalized spacial score (nSPS) is 19.2. The Labute approximate surface area is 219 Å². The van der Waals surface area contributed by atoms with Gasteiger partial charge in [-0.2, -0.15) is 0 Å². The highest BCUT2D eigenvalue weighted by Crippen LogP contribution is 2.39. The standard InChI is InChI=1S/C24H24ClN3O8S/c1-14(2)24(23(31)32,12-16-6-8-17(9-7-16)28(33)34)27-21(30)20(22(27)37(25)35)26-19(29)13-36-18-10-4-15(3)5-11-18/h4-11,20,22H,1,12-13H2,2-3H3,(H,26,29)(H,31,32). The van der Waals surface area contributed by atoms with Gasteiger partial charge in [-0.15, -0.1) is 0 Å². The number of non-ortho nitro benzene ring substituents is 1. The van der Waals surface area contributed by atoms with Crippen molar-refractivity contribution in [3.05, 3.63) is 81.9 Å². The number of nitro groups is 1. The van der Waals surface area contributed by atoms with Crippen LogP contribution in [0.3, 0.4) is 0 Å². The molecule has 0 bridgehead atoms. The first-order valence-electron chi connectivity index (χ1n) is 10.9. The maximum atomic E-state index is 13.2. The number of likely N-dealkylation sites (tertiary alicyclic amines) is 1. The third-order valence-corrected chi connectivity index (χ3v) is 7.43. The lowest BCUT2D eigenvalue weighted by Crippen LogP contribution is -2.79. The summed E-state index contributed by atoms with van der Waals surface area (Å²) >= 11 is 0. The average Bonchev–Trinajstić information content (AvgIpc) is 2.84. The second-order valence-corrected chi connectivity index (χ2v) is 10.4. The fourth-order valence-electron chi connectivity index (χ4n) is 4.02. The number of carbonyl (C=O) groups excluding carboxylic acids is 2. The van der Waals surface area contributed by atoms with Crippen molar-refractivity contribution >= 4 is 44.2 Å². The summed E-state index contributed by atoms with van der Waals surface area (Å²) in [5.41, 5.74) is -0.900. The van der Waals surface area contributed by atoms with Gasteiger partial charge < -0.3 is 20.1 Å². The highest BCUT2D eigenvalue weighted by Gasteiger charge is 2.63. The number of benzene rings is 2. The van der Waals surface area contributed by atoms with Crippen molar-refractivity contribution in [2.45, 2.75) is 37.2 Å². The number of carbonyl (C=O) groups is 3. The Hall–Kier alpha value is -3.77. The van der Waals surface area contributed by atoms with Crippen LogP contribution in [0.2, 0.25) is 0 Å². The van der Waals surface area contributed by atoms with Crippen LogP contribution in [0.25, 0.3) is 0 Å². The molecular formula is C24H24ClN3O8S. The second kappa shape index (κ2) is 11.1. The zero-order valence-corrected chi connectivity index (χ0v) is 21.5. The van der Waals surface area contributed by atoms with E-state index in [0.29, 0.717) is 11.3 Å². The molecule has 0 radical (unpaired) electrons. The number of rotatable bonds is 11. The van der Waals surface area contributed by atoms with Crippen molar-refractivity contribution < 1.29 is 33.4 Å². The number of hydrogen-bond acceptors (Lipinski definition) is 7. The van der Waals surface area contributed by atoms with Crippen LogP contribution in [0.4, 0.5) is 5.69 Å². The fourth-order valence-corrected chi connectivity index (χ4v) is 5.42. The molecule has 0 aliphatic carbocycles. The summed E-state index contributed by atoms with van der Waals surface area (Å²) in [5.74, 6) is -2.56. The van der Waals surface area contributed by atoms with Crippen molar-refractivity contribution in [3.8, 4) is 5.75 Å². The summed E-state index contributed by atoms with van der Waals surface area (Å²) in [5, 5.41) is 22.2. The number of ether oxygens (including phenoxy) is 1. The largest absolute Gasteiger partial charge is 0.484 e. The van der Waals surface area contributed by atoms with E-state index in [1.807, 2.05) is 6.92 Å². The molecule has 0 aromatic heterocycles. The van der Waals surface area contributed by atoms with Crippen LogP contribution in [0.5, 0.6) is 5.75 Å². The van der Waals surface area contributed by atoms with Crippen LogP contribution < -0.4 is 10.1 Å². The van der Waals surface area contributed by atoms with E-state index in [2.05, 4.69) is 11.9 Å². The number of β-lactam (4-membered cyclic amide) rings is 1. The number of halogens is 1. The van der Waals surface area contributed by atoms with Crippen molar-refractivity contribution in [1.29, 1.82) is 0 Å². The van der Waals surface area contributed by atoms with E-state index in [4.69, 9.17) is 15.4 Å². The molecule has 2 aromatic rings. The van der Waals surface area contributed by atoms with Crippen LogP contribution in [0.15, 0.2) is 60.7 Å². The van der Waals surface area contributed by atoms with Crippen LogP contribution >= 0.6 is 10.7 Å². The number of aliphatic carboxylic acids is 1. The van der Waals surface area contributed by atoms with Crippen molar-refractivity contribution in [2.75, 3.05) is 6.61 Å². The first-order chi connectivity index (χ1) is 17.4. The van der Waals surface area contributed by atoms with E-state index >= 15 is 0 Å². The third kappa shape index (κ3) is 5.65. The van der Waals surface area contributed by atoms with Crippen LogP contribution in [0, 0.1) is 17.0 Å². The topological polar surface area (TPSA) is 156 Å². The number of hydrogen-bond donors (Lipinski definition) is 2. The Kier molecular flexibility index (Phi) is 8.34. The van der Waals surface area contributed by atoms with E-state index in [-0.39, 0.29) is 17.7 Å². The van der Waals surface area contributed by atoms with Crippen molar-refractivity contribution in [1.82, 2.24) is 10.2 Å². The quantitative estimate of drug-likeness (QED) is 0.142. The van der Waals surface area contributed by atoms with Gasteiger partial charge in [0, 0.05) is 18.6 Å². The van der Waals surface area contributed by atoms with Crippen LogP contribution in [-0.2, 0) is 30.8 Å². The number of nitrogens with one attached hydrogen (secondary N) is 1. The zero-order valence-electron chi connectivity index (χ0n) is 19.9. The molecule has 3 rings (SSSR count). The van der Waals surface area contributed by atoms with E-state index < -0.39 is 56.3 Å². The summed E-state index contributed by atoms with van der Waals surface area (Å²) in [6, 6.07) is 10.7. The predicted molar refractivity (Wildman–Crippen MR) is 135 cm³/mol. The number of amides is 2. The van der Waals surface area contributed by atoms with Gasteiger partial charge in [0.2, 0.25) is 0 Å². The highest BCUT2D eigenvalue weighted by molar-refractivity contribution is 8.08. The Balaban J connectivity index is 1.83. The number of carboxylic acids is 1. The smallest absolute Gasteiger partial charge is 0.334 e. The number of nitro benzene ring substituents is 1. The molecule has 2 N–H and O–H groups in total. The summed E-state index contributed by atoms with van der Waals surface area (Å²) in [6.45, 7) is 6.58. The third-order valence-electron chi connectivity index (χ3n) is 6.02. The van der Waals surface area contributed by atoms with E-state index in [0.717, 1.165) is 10.5 Å². The molecule has 37 heavy (non-hydrogen) atoms. The van der Waals surface area contributed by atoms with Gasteiger partial charge in [-0.3, -0.25) is 19.7 Å². The molecule has 13 heteroatoms. The van der Waals surface area contributed by atoms with Gasteiger partial charge in [0.05, 0.1) is 4.92 Å². The highest BCUT2D eigenvalue weighted by atomic mass is 35.7. The molecule has 1 heterocycles. The fraction of sp³-hybridized carbons (Fsp3) is 0.292. The first-order valence-corrected chi connectivity index (χ1v) is 12.9. The molecule has 1 aliphatic heterocycles. The van der Waals surface area contributed by atoms with Crippen LogP contribution in [0.1, 0.15) is 18.1 Å². The minimum absolute atomic E-state index is 0.0336. The molecule has 2 aromatic carbocycles. The van der Waals surface area contributed by atoms with Crippen molar-refractivity contribution in [2.24, 2.45) is 0 Å². The summed E-state index contributed by atoms with van der Waals surface area (Å²) in [6.07, 6.45) is -0.330. The molecule has 4 atom stereocenters. The molecular weight excluding hydrogens is 526 g/mol. The number of aryl methyl sites for hydroxylation is 1. The first kappa shape index (κ1) is 27.8. The van der Waals surface area contributed by atoms with Gasteiger partial charge in [-0.25, -0.2) is 9.00 Å². The summed E-state index contributed by atoms with van der Waals surface area (Å²) in [4.78, 5) is 49.4. The Morgan fingerprint density at radius 2 is 1.84 bits per heavy atom. The predicted octanol–water partition coefficient (Wildman–Crippen LogP) is 2.48. The minimum Gasteiger partial charge on any atom is -0.484 e. The maximum Gasteiger partial charge on any atom is 0.334 e. The maximum absolute atomic E-state index is 13.2. The van der Waals surface area contributed by atoms with E-state index in [1.54, 1.807) is 24.3 Å². The van der Waals surface area contributed by atoms with Crippen molar-refractivity contribution in [3.63, 3.8) is 0 Å². The van der Waals surface area contributed by atoms with Gasteiger partial charge >= 0.3 is 5.97 Å². The summed E-state index contributed by atoms with van der Waals surface area (Å²) < 4.78 is 17.8. The van der Waals surface area contributed by atoms with Gasteiger partial charge in [-0.05, 0) is 47.8 Å². The molecule has 11 nitrogen and oxygen atoms in total. The SMILES string of the molecule is C=C(C)C(Cc1ccc([N+](=O)[O-])cc1)(C(=O)O)N1C(=O)C(NC(=O)COc2ccc(C)cc2)C1S(=O)Cl. The van der Waals surface area contributed by atoms with Gasteiger partial charge in [0.1, 0.15) is 21.8 Å². The van der Waals surface area contributed by atoms with Gasteiger partial charge in [0.15, 0.2) is 17.5 Å². The minimum atomic E-state index is -2.28. The second-order valence-electron chi connectivity index (χ2n) is 8.54. The molecule has 1 saturated heterocycles. The molecule has 196 valence electrons. The van der Waals surface area contributed by atoms with E-state index in [9.17, 15) is 33.8 Å². The zero-order chi connectivity index (χ0) is 27.5. The van der Waals surface area contributed by atoms with Crippen LogP contribution in [-0.4, -0.2) is 60.5 Å². The van der Waals surface area contributed by atoms with Gasteiger partial charge in [-0.1, -0.05) is 36.4 Å². The lowest BCUT2D eigenvalue weighted by Gasteiger charge is -2.53. The Morgan fingerprint density at radius 3 is 2.32 bits per heavy atom. The molecule has 2 amide bonds. The van der Waals surface area contributed by atoms with Gasteiger partial charge in [0.25, 0.3) is 17.5 Å². The average molecular weight is 550 g/mol. The lowest BCUT2D eigenvalue weighted by molar-refractivity contribution is -0.384. The van der Waals surface area contributed by atoms with E-state index in [1.165, 1.54) is 31.2 Å². The lowest BCUT2D eigenvalue weighted by atomic mass is 9.80. The monoisotopic (exact) mass is 549 g/mol. The molecule has 1 aliphatic rings. The Morgan fingerprint density at radius 1 is 1.24 bits per heavy atom. The number of carboxylic acid groups (broad SMARTS) is 1. The molecule has 0 spiro atoms. The molecule has 1 fully saturated rings. The summed E-state index contributed by atoms with van der Waals surface area (Å²) in [7, 11) is 3.60. The number of nitrogens with zero attached hydrogens (tertiary/aromatic N) is 2. The molecule has 0 saturated carbocycles. The Bertz CT molecular complexity index is 1250.